The lowest BCUT2D eigenvalue weighted by molar-refractivity contribution is -0.120. The smallest absolute Gasteiger partial charge is 0.257 e. The molecule has 3 aromatic rings. The molecule has 1 N–H and O–H groups in total. The molecule has 0 aliphatic heterocycles. The van der Waals surface area contributed by atoms with Gasteiger partial charge in [0.15, 0.2) is 0 Å². The van der Waals surface area contributed by atoms with E-state index in [1.165, 1.54) is 6.20 Å². The van der Waals surface area contributed by atoms with E-state index in [1.54, 1.807) is 22.7 Å². The van der Waals surface area contributed by atoms with Gasteiger partial charge in [0, 0.05) is 23.5 Å². The van der Waals surface area contributed by atoms with E-state index in [1.807, 2.05) is 61.5 Å². The molecule has 0 saturated heterocycles. The first-order chi connectivity index (χ1) is 14.5. The summed E-state index contributed by atoms with van der Waals surface area (Å²) in [5.41, 5.74) is 2.06. The van der Waals surface area contributed by atoms with Gasteiger partial charge in [0.25, 0.3) is 5.91 Å². The second kappa shape index (κ2) is 10.1. The largest absolute Gasteiger partial charge is 0.327 e. The number of benzene rings is 2. The Bertz CT molecular complexity index is 1000. The highest BCUT2D eigenvalue weighted by Gasteiger charge is 2.27. The van der Waals surface area contributed by atoms with Crippen molar-refractivity contribution in [2.45, 2.75) is 32.9 Å². The van der Waals surface area contributed by atoms with Crippen molar-refractivity contribution in [3.8, 4) is 0 Å². The SMILES string of the molecule is CCCN(C(=O)c1cnn(Cc2ccccc2Cl)c1)C(C)C(=O)Nc1ccccc1. The Hall–Kier alpha value is -3.12. The number of nitrogens with zero attached hydrogens (tertiary/aromatic N) is 3. The van der Waals surface area contributed by atoms with Crippen molar-refractivity contribution in [3.63, 3.8) is 0 Å². The fourth-order valence-corrected chi connectivity index (χ4v) is 3.34. The quantitative estimate of drug-likeness (QED) is 0.580. The second-order valence-corrected chi connectivity index (χ2v) is 7.45. The lowest BCUT2D eigenvalue weighted by atomic mass is 10.2. The zero-order valence-electron chi connectivity index (χ0n) is 17.1. The molecular formula is C23H25ClN4O2. The van der Waals surface area contributed by atoms with Gasteiger partial charge in [0.1, 0.15) is 6.04 Å². The Balaban J connectivity index is 1.72. The Labute approximate surface area is 181 Å². The first-order valence-corrected chi connectivity index (χ1v) is 10.3. The molecule has 2 amide bonds. The molecule has 6 nitrogen and oxygen atoms in total. The van der Waals surface area contributed by atoms with Crippen LogP contribution < -0.4 is 5.32 Å². The molecule has 30 heavy (non-hydrogen) atoms. The van der Waals surface area contributed by atoms with E-state index in [2.05, 4.69) is 10.4 Å². The summed E-state index contributed by atoms with van der Waals surface area (Å²) in [4.78, 5) is 27.4. The lowest BCUT2D eigenvalue weighted by Crippen LogP contribution is -2.46. The molecule has 3 rings (SSSR count). The van der Waals surface area contributed by atoms with Crippen LogP contribution in [0.15, 0.2) is 67.0 Å². The standard InChI is InChI=1S/C23H25ClN4O2/c1-3-13-28(17(2)22(29)26-20-10-5-4-6-11-20)23(30)19-14-25-27(16-19)15-18-9-7-8-12-21(18)24/h4-12,14,16-17H,3,13,15H2,1-2H3,(H,26,29). The number of nitrogens with one attached hydrogen (secondary N) is 1. The van der Waals surface area contributed by atoms with Crippen LogP contribution in [0.25, 0.3) is 0 Å². The molecule has 0 aliphatic rings. The Morgan fingerprint density at radius 1 is 1.13 bits per heavy atom. The minimum atomic E-state index is -0.621. The summed E-state index contributed by atoms with van der Waals surface area (Å²) in [6.07, 6.45) is 3.96. The van der Waals surface area contributed by atoms with Crippen LogP contribution in [0.2, 0.25) is 5.02 Å². The van der Waals surface area contributed by atoms with E-state index in [0.29, 0.717) is 29.4 Å². The number of hydrogen-bond acceptors (Lipinski definition) is 3. The van der Waals surface area contributed by atoms with Crippen LogP contribution in [0.1, 0.15) is 36.2 Å². The van der Waals surface area contributed by atoms with Gasteiger partial charge in [0.2, 0.25) is 5.91 Å². The molecule has 0 fully saturated rings. The molecule has 156 valence electrons. The molecule has 1 heterocycles. The van der Waals surface area contributed by atoms with Crippen molar-refractivity contribution >= 4 is 29.1 Å². The summed E-state index contributed by atoms with van der Waals surface area (Å²) in [5, 5.41) is 7.81. The van der Waals surface area contributed by atoms with Crippen LogP contribution >= 0.6 is 11.6 Å². The Morgan fingerprint density at radius 3 is 2.53 bits per heavy atom. The van der Waals surface area contributed by atoms with Crippen LogP contribution in [-0.4, -0.2) is 39.1 Å². The van der Waals surface area contributed by atoms with Crippen LogP contribution in [-0.2, 0) is 11.3 Å². The molecule has 1 unspecified atom stereocenters. The van der Waals surface area contributed by atoms with Crippen LogP contribution in [0.4, 0.5) is 5.69 Å². The van der Waals surface area contributed by atoms with Crippen molar-refractivity contribution in [1.82, 2.24) is 14.7 Å². The molecule has 0 aliphatic carbocycles. The maximum atomic E-state index is 13.1. The maximum absolute atomic E-state index is 13.1. The Morgan fingerprint density at radius 2 is 1.83 bits per heavy atom. The normalized spacial score (nSPS) is 11.7. The van der Waals surface area contributed by atoms with Gasteiger partial charge >= 0.3 is 0 Å². The first kappa shape index (κ1) is 21.6. The number of rotatable bonds is 8. The number of anilines is 1. The number of carbonyl (C=O) groups is 2. The van der Waals surface area contributed by atoms with Gasteiger partial charge in [-0.25, -0.2) is 0 Å². The molecule has 0 spiro atoms. The zero-order chi connectivity index (χ0) is 21.5. The highest BCUT2D eigenvalue weighted by molar-refractivity contribution is 6.31. The van der Waals surface area contributed by atoms with Crippen LogP contribution in [0.3, 0.4) is 0 Å². The zero-order valence-corrected chi connectivity index (χ0v) is 17.8. The highest BCUT2D eigenvalue weighted by Crippen LogP contribution is 2.17. The molecule has 2 aromatic carbocycles. The number of aromatic nitrogens is 2. The molecule has 7 heteroatoms. The van der Waals surface area contributed by atoms with Crippen molar-refractivity contribution in [3.05, 3.63) is 83.1 Å². The van der Waals surface area contributed by atoms with E-state index < -0.39 is 6.04 Å². The summed E-state index contributed by atoms with van der Waals surface area (Å²) in [5.74, 6) is -0.454. The number of carbonyl (C=O) groups excluding carboxylic acids is 2. The van der Waals surface area contributed by atoms with Crippen molar-refractivity contribution < 1.29 is 9.59 Å². The van der Waals surface area contributed by atoms with Gasteiger partial charge < -0.3 is 10.2 Å². The van der Waals surface area contributed by atoms with E-state index in [0.717, 1.165) is 12.0 Å². The topological polar surface area (TPSA) is 67.2 Å². The molecule has 0 saturated carbocycles. The predicted octanol–water partition coefficient (Wildman–Crippen LogP) is 4.46. The lowest BCUT2D eigenvalue weighted by Gasteiger charge is -2.27. The van der Waals surface area contributed by atoms with E-state index in [4.69, 9.17) is 11.6 Å². The summed E-state index contributed by atoms with van der Waals surface area (Å²) in [6.45, 7) is 4.64. The summed E-state index contributed by atoms with van der Waals surface area (Å²) in [6, 6.07) is 16.1. The molecule has 0 bridgehead atoms. The van der Waals surface area contributed by atoms with Gasteiger partial charge in [-0.2, -0.15) is 5.10 Å². The van der Waals surface area contributed by atoms with E-state index in [9.17, 15) is 9.59 Å². The molecule has 1 aromatic heterocycles. The van der Waals surface area contributed by atoms with Crippen LogP contribution in [0.5, 0.6) is 0 Å². The monoisotopic (exact) mass is 424 g/mol. The first-order valence-electron chi connectivity index (χ1n) is 9.92. The molecule has 0 radical (unpaired) electrons. The van der Waals surface area contributed by atoms with Gasteiger partial charge in [-0.05, 0) is 37.1 Å². The number of hydrogen-bond donors (Lipinski definition) is 1. The third kappa shape index (κ3) is 5.27. The average Bonchev–Trinajstić information content (AvgIpc) is 3.22. The van der Waals surface area contributed by atoms with Crippen molar-refractivity contribution in [2.24, 2.45) is 0 Å². The minimum Gasteiger partial charge on any atom is -0.327 e. The fourth-order valence-electron chi connectivity index (χ4n) is 3.15. The third-order valence-electron chi connectivity index (χ3n) is 4.78. The van der Waals surface area contributed by atoms with Crippen molar-refractivity contribution in [2.75, 3.05) is 11.9 Å². The number of amides is 2. The third-order valence-corrected chi connectivity index (χ3v) is 5.15. The molecule has 1 atom stereocenters. The van der Waals surface area contributed by atoms with Crippen molar-refractivity contribution in [1.29, 1.82) is 0 Å². The molecular weight excluding hydrogens is 400 g/mol. The number of halogens is 1. The minimum absolute atomic E-state index is 0.224. The van der Waals surface area contributed by atoms with E-state index in [-0.39, 0.29) is 11.8 Å². The van der Waals surface area contributed by atoms with Gasteiger partial charge in [-0.1, -0.05) is 54.9 Å². The average molecular weight is 425 g/mol. The highest BCUT2D eigenvalue weighted by atomic mass is 35.5. The second-order valence-electron chi connectivity index (χ2n) is 7.05. The van der Waals surface area contributed by atoms with Gasteiger partial charge in [0.05, 0.1) is 18.3 Å². The summed E-state index contributed by atoms with van der Waals surface area (Å²) in [7, 11) is 0. The van der Waals surface area contributed by atoms with Crippen LogP contribution in [0, 0.1) is 0 Å². The van der Waals surface area contributed by atoms with E-state index >= 15 is 0 Å². The predicted molar refractivity (Wildman–Crippen MR) is 119 cm³/mol. The fraction of sp³-hybridized carbons (Fsp3) is 0.261. The Kier molecular flexibility index (Phi) is 7.25. The van der Waals surface area contributed by atoms with Gasteiger partial charge in [-0.3, -0.25) is 14.3 Å². The summed E-state index contributed by atoms with van der Waals surface area (Å²) < 4.78 is 1.67. The maximum Gasteiger partial charge on any atom is 0.257 e. The van der Waals surface area contributed by atoms with Gasteiger partial charge in [-0.15, -0.1) is 0 Å². The summed E-state index contributed by atoms with van der Waals surface area (Å²) >= 11 is 6.22. The number of para-hydroxylation sites is 1.